The van der Waals surface area contributed by atoms with E-state index in [0.717, 1.165) is 17.1 Å². The first-order valence-electron chi connectivity index (χ1n) is 17.8. The maximum absolute atomic E-state index is 2.52. The third-order valence-corrected chi connectivity index (χ3v) is 11.1. The van der Waals surface area contributed by atoms with Crippen molar-refractivity contribution in [2.24, 2.45) is 7.05 Å². The van der Waals surface area contributed by atoms with Crippen LogP contribution in [-0.4, -0.2) is 4.57 Å². The lowest BCUT2D eigenvalue weighted by Crippen LogP contribution is -2.29. The molecule has 0 unspecified atom stereocenters. The lowest BCUT2D eigenvalue weighted by Gasteiger charge is -2.35. The normalized spacial score (nSPS) is 13.1. The monoisotopic (exact) mass is 652 g/mol. The van der Waals surface area contributed by atoms with Crippen LogP contribution in [0.15, 0.2) is 182 Å². The van der Waals surface area contributed by atoms with Crippen molar-refractivity contribution in [2.75, 3.05) is 4.90 Å². The summed E-state index contributed by atoms with van der Waals surface area (Å²) in [6, 6.07) is 67.3. The van der Waals surface area contributed by atoms with Gasteiger partial charge in [-0.15, -0.1) is 0 Å². The second-order valence-corrected chi connectivity index (χ2v) is 13.8. The molecule has 2 nitrogen and oxygen atoms in total. The fraction of sp³-hybridized carbons (Fsp3) is 0.0612. The summed E-state index contributed by atoms with van der Waals surface area (Å²) in [7, 11) is 2.18. The van der Waals surface area contributed by atoms with Crippen LogP contribution in [0.2, 0.25) is 0 Å². The molecule has 0 radical (unpaired) electrons. The van der Waals surface area contributed by atoms with Gasteiger partial charge in [0.1, 0.15) is 0 Å². The molecule has 10 rings (SSSR count). The van der Waals surface area contributed by atoms with Gasteiger partial charge in [-0.25, -0.2) is 0 Å². The summed E-state index contributed by atoms with van der Waals surface area (Å²) in [6.45, 7) is 2.22. The van der Waals surface area contributed by atoms with E-state index in [2.05, 4.69) is 205 Å². The van der Waals surface area contributed by atoms with Gasteiger partial charge in [-0.3, -0.25) is 0 Å². The number of aromatic nitrogens is 1. The summed E-state index contributed by atoms with van der Waals surface area (Å²) in [5.41, 5.74) is 14.4. The van der Waals surface area contributed by atoms with Crippen molar-refractivity contribution in [3.8, 4) is 11.1 Å². The number of rotatable bonds is 5. The summed E-state index contributed by atoms with van der Waals surface area (Å²) in [6.07, 6.45) is 0. The number of para-hydroxylation sites is 2. The fourth-order valence-corrected chi connectivity index (χ4v) is 8.99. The standard InChI is InChI=1S/C49H36N2/c1-33-29-30-39-41(31-33)49(34-17-6-3-7-18-34,35-19-8-4-9-20-35)42-32-46(37-23-12-13-24-38(37)47(39)42)51(36-21-10-5-11-22-36)45-28-16-27-44-48(45)40-25-14-15-26-43(40)50(44)2/h3-32H,1-2H3. The van der Waals surface area contributed by atoms with E-state index in [0.29, 0.717) is 0 Å². The third kappa shape index (κ3) is 4.17. The zero-order valence-electron chi connectivity index (χ0n) is 28.7. The molecule has 1 aromatic heterocycles. The predicted molar refractivity (Wildman–Crippen MR) is 215 cm³/mol. The Bertz CT molecular complexity index is 2720. The molecule has 242 valence electrons. The van der Waals surface area contributed by atoms with E-state index in [1.165, 1.54) is 71.5 Å². The number of benzene rings is 8. The van der Waals surface area contributed by atoms with Gasteiger partial charge in [0.05, 0.1) is 22.3 Å². The Morgan fingerprint density at radius 1 is 0.471 bits per heavy atom. The van der Waals surface area contributed by atoms with E-state index in [1.54, 1.807) is 0 Å². The van der Waals surface area contributed by atoms with Crippen molar-refractivity contribution in [3.05, 3.63) is 210 Å². The largest absolute Gasteiger partial charge is 0.344 e. The highest BCUT2D eigenvalue weighted by Gasteiger charge is 2.47. The summed E-state index contributed by atoms with van der Waals surface area (Å²) >= 11 is 0. The Balaban J connectivity index is 1.39. The number of fused-ring (bicyclic) bond motifs is 8. The molecule has 1 aliphatic rings. The van der Waals surface area contributed by atoms with Gasteiger partial charge in [0.25, 0.3) is 0 Å². The van der Waals surface area contributed by atoms with Crippen LogP contribution < -0.4 is 4.90 Å². The highest BCUT2D eigenvalue weighted by Crippen LogP contribution is 2.60. The Hall–Kier alpha value is -6.38. The van der Waals surface area contributed by atoms with Crippen molar-refractivity contribution in [1.29, 1.82) is 0 Å². The topological polar surface area (TPSA) is 8.17 Å². The Kier molecular flexibility index (Phi) is 6.56. The molecule has 0 fully saturated rings. The van der Waals surface area contributed by atoms with Crippen LogP contribution in [0.4, 0.5) is 17.1 Å². The number of hydrogen-bond acceptors (Lipinski definition) is 1. The van der Waals surface area contributed by atoms with Crippen LogP contribution in [0.25, 0.3) is 43.7 Å². The molecular weight excluding hydrogens is 617 g/mol. The summed E-state index contributed by atoms with van der Waals surface area (Å²) in [5, 5.41) is 4.98. The average molecular weight is 653 g/mol. The zero-order valence-corrected chi connectivity index (χ0v) is 28.7. The Morgan fingerprint density at radius 2 is 1.06 bits per heavy atom. The molecule has 0 amide bonds. The second kappa shape index (κ2) is 11.3. The molecule has 51 heavy (non-hydrogen) atoms. The van der Waals surface area contributed by atoms with Gasteiger partial charge in [-0.1, -0.05) is 151 Å². The van der Waals surface area contributed by atoms with Gasteiger partial charge in [0.2, 0.25) is 0 Å². The Labute approximate surface area is 298 Å². The predicted octanol–water partition coefficient (Wildman–Crippen LogP) is 12.6. The lowest BCUT2D eigenvalue weighted by atomic mass is 9.67. The first kappa shape index (κ1) is 29.5. The van der Waals surface area contributed by atoms with Crippen LogP contribution in [0.5, 0.6) is 0 Å². The molecule has 0 aliphatic heterocycles. The minimum Gasteiger partial charge on any atom is -0.344 e. The van der Waals surface area contributed by atoms with Crippen LogP contribution >= 0.6 is 0 Å². The van der Waals surface area contributed by atoms with Crippen LogP contribution in [-0.2, 0) is 12.5 Å². The molecule has 0 atom stereocenters. The van der Waals surface area contributed by atoms with Gasteiger partial charge in [0, 0.05) is 34.4 Å². The van der Waals surface area contributed by atoms with Crippen LogP contribution in [0.3, 0.4) is 0 Å². The maximum Gasteiger partial charge on any atom is 0.0714 e. The zero-order chi connectivity index (χ0) is 34.1. The first-order chi connectivity index (χ1) is 25.2. The quantitative estimate of drug-likeness (QED) is 0.180. The number of anilines is 3. The van der Waals surface area contributed by atoms with E-state index in [1.807, 2.05) is 0 Å². The number of hydrogen-bond donors (Lipinski definition) is 0. The van der Waals surface area contributed by atoms with Gasteiger partial charge >= 0.3 is 0 Å². The molecule has 1 aliphatic carbocycles. The molecule has 1 heterocycles. The van der Waals surface area contributed by atoms with E-state index < -0.39 is 5.41 Å². The van der Waals surface area contributed by atoms with E-state index in [9.17, 15) is 0 Å². The van der Waals surface area contributed by atoms with Crippen molar-refractivity contribution in [2.45, 2.75) is 12.3 Å². The van der Waals surface area contributed by atoms with E-state index >= 15 is 0 Å². The molecule has 0 N–H and O–H groups in total. The minimum atomic E-state index is -0.522. The van der Waals surface area contributed by atoms with Gasteiger partial charge in [-0.2, -0.15) is 0 Å². The fourth-order valence-electron chi connectivity index (χ4n) is 8.99. The number of nitrogens with zero attached hydrogens (tertiary/aromatic N) is 2. The smallest absolute Gasteiger partial charge is 0.0714 e. The highest BCUT2D eigenvalue weighted by molar-refractivity contribution is 6.18. The molecule has 0 saturated heterocycles. The molecule has 0 saturated carbocycles. The van der Waals surface area contributed by atoms with Crippen molar-refractivity contribution >= 4 is 49.6 Å². The van der Waals surface area contributed by atoms with Gasteiger partial charge in [-0.05, 0) is 82.1 Å². The van der Waals surface area contributed by atoms with Crippen LogP contribution in [0, 0.1) is 6.92 Å². The average Bonchev–Trinajstić information content (AvgIpc) is 3.65. The summed E-state index contributed by atoms with van der Waals surface area (Å²) in [5.74, 6) is 0. The molecule has 9 aromatic rings. The summed E-state index contributed by atoms with van der Waals surface area (Å²) in [4.78, 5) is 2.51. The molecule has 2 heteroatoms. The molecule has 0 spiro atoms. The van der Waals surface area contributed by atoms with Crippen molar-refractivity contribution < 1.29 is 0 Å². The van der Waals surface area contributed by atoms with E-state index in [-0.39, 0.29) is 0 Å². The maximum atomic E-state index is 2.52. The summed E-state index contributed by atoms with van der Waals surface area (Å²) < 4.78 is 2.33. The highest BCUT2D eigenvalue weighted by atomic mass is 15.1. The van der Waals surface area contributed by atoms with E-state index in [4.69, 9.17) is 0 Å². The van der Waals surface area contributed by atoms with Crippen molar-refractivity contribution in [1.82, 2.24) is 4.57 Å². The van der Waals surface area contributed by atoms with Gasteiger partial charge < -0.3 is 9.47 Å². The lowest BCUT2D eigenvalue weighted by molar-refractivity contribution is 0.768. The van der Waals surface area contributed by atoms with Gasteiger partial charge in [0.15, 0.2) is 0 Å². The van der Waals surface area contributed by atoms with Crippen molar-refractivity contribution in [3.63, 3.8) is 0 Å². The minimum absolute atomic E-state index is 0.522. The Morgan fingerprint density at radius 3 is 1.76 bits per heavy atom. The molecule has 0 bridgehead atoms. The second-order valence-electron chi connectivity index (χ2n) is 13.8. The number of aryl methyl sites for hydroxylation is 2. The third-order valence-electron chi connectivity index (χ3n) is 11.1. The first-order valence-corrected chi connectivity index (χ1v) is 17.8. The SMILES string of the molecule is Cc1ccc2c(c1)C(c1ccccc1)(c1ccccc1)c1cc(N(c3ccccc3)c3cccc4c3c3ccccc3n4C)c3ccccc3c1-2. The molecule has 8 aromatic carbocycles. The van der Waals surface area contributed by atoms with Crippen LogP contribution in [0.1, 0.15) is 27.8 Å². The molecular formula is C49H36N2.